The maximum Gasteiger partial charge on any atom is 0.259 e. The molecule has 0 unspecified atom stereocenters. The molecule has 0 spiro atoms. The third-order valence-electron chi connectivity index (χ3n) is 2.63. The van der Waals surface area contributed by atoms with Crippen LogP contribution in [0, 0.1) is 13.8 Å². The van der Waals surface area contributed by atoms with Gasteiger partial charge in [-0.2, -0.15) is 0 Å². The number of carbonyl (C=O) groups excluding carboxylic acids is 1. The maximum atomic E-state index is 12.2. The van der Waals surface area contributed by atoms with Gasteiger partial charge in [0.05, 0.1) is 5.56 Å². The van der Waals surface area contributed by atoms with Gasteiger partial charge in [-0.15, -0.1) is 0 Å². The molecule has 0 fully saturated rings. The number of benzene rings is 1. The lowest BCUT2D eigenvalue weighted by Gasteiger charge is -2.10. The largest absolute Gasteiger partial charge is 0.322 e. The van der Waals surface area contributed by atoms with E-state index in [9.17, 15) is 4.79 Å². The lowest BCUT2D eigenvalue weighted by Crippen LogP contribution is -2.15. The predicted octanol–water partition coefficient (Wildman–Crippen LogP) is 4.37. The molecule has 0 saturated heterocycles. The molecule has 1 aromatic carbocycles. The summed E-state index contributed by atoms with van der Waals surface area (Å²) in [6.07, 6.45) is 0. The molecule has 19 heavy (non-hydrogen) atoms. The zero-order chi connectivity index (χ0) is 14.0. The Kier molecular flexibility index (Phi) is 4.22. The molecule has 0 aliphatic carbocycles. The number of pyridine rings is 1. The van der Waals surface area contributed by atoms with Gasteiger partial charge in [-0.1, -0.05) is 27.5 Å². The number of halogens is 2. The predicted molar refractivity (Wildman–Crippen MR) is 80.8 cm³/mol. The molecule has 5 heteroatoms. The Labute approximate surface area is 125 Å². The Balaban J connectivity index is 2.28. The van der Waals surface area contributed by atoms with Crippen molar-refractivity contribution >= 4 is 39.1 Å². The van der Waals surface area contributed by atoms with Crippen LogP contribution in [0.25, 0.3) is 0 Å². The molecule has 98 valence electrons. The number of aromatic nitrogens is 1. The molecule has 1 N–H and O–H groups in total. The normalized spacial score (nSPS) is 10.3. The van der Waals surface area contributed by atoms with Crippen molar-refractivity contribution < 1.29 is 4.79 Å². The van der Waals surface area contributed by atoms with Crippen molar-refractivity contribution in [3.63, 3.8) is 0 Å². The Hall–Kier alpha value is -1.39. The van der Waals surface area contributed by atoms with Crippen molar-refractivity contribution in [3.05, 3.63) is 56.8 Å². The first-order chi connectivity index (χ1) is 8.97. The topological polar surface area (TPSA) is 42.0 Å². The summed E-state index contributed by atoms with van der Waals surface area (Å²) in [5.41, 5.74) is 2.73. The minimum atomic E-state index is -0.252. The second-order valence-electron chi connectivity index (χ2n) is 4.21. The van der Waals surface area contributed by atoms with Gasteiger partial charge in [-0.05, 0) is 49.7 Å². The third-order valence-corrected chi connectivity index (χ3v) is 3.43. The van der Waals surface area contributed by atoms with Crippen LogP contribution in [-0.2, 0) is 0 Å². The molecule has 3 nitrogen and oxygen atoms in total. The summed E-state index contributed by atoms with van der Waals surface area (Å²) < 4.78 is 0.955. The highest BCUT2D eigenvalue weighted by atomic mass is 79.9. The number of nitrogens with zero attached hydrogens (tertiary/aromatic N) is 1. The van der Waals surface area contributed by atoms with Crippen LogP contribution in [0.15, 0.2) is 34.8 Å². The second kappa shape index (κ2) is 5.72. The van der Waals surface area contributed by atoms with Crippen LogP contribution < -0.4 is 5.32 Å². The molecular formula is C14H12BrClN2O. The van der Waals surface area contributed by atoms with E-state index in [-0.39, 0.29) is 11.1 Å². The van der Waals surface area contributed by atoms with Crippen molar-refractivity contribution in [1.82, 2.24) is 4.98 Å². The lowest BCUT2D eigenvalue weighted by atomic mass is 10.1. The molecule has 0 atom stereocenters. The van der Waals surface area contributed by atoms with Gasteiger partial charge in [-0.3, -0.25) is 4.79 Å². The molecule has 0 aliphatic heterocycles. The van der Waals surface area contributed by atoms with Crippen molar-refractivity contribution in [3.8, 4) is 0 Å². The van der Waals surface area contributed by atoms with Crippen molar-refractivity contribution in [2.75, 3.05) is 5.32 Å². The minimum Gasteiger partial charge on any atom is -0.322 e. The van der Waals surface area contributed by atoms with Gasteiger partial charge >= 0.3 is 0 Å². The van der Waals surface area contributed by atoms with Gasteiger partial charge in [0.1, 0.15) is 5.15 Å². The van der Waals surface area contributed by atoms with Gasteiger partial charge in [0.15, 0.2) is 0 Å². The van der Waals surface area contributed by atoms with E-state index in [1.807, 2.05) is 44.2 Å². The summed E-state index contributed by atoms with van der Waals surface area (Å²) in [5, 5.41) is 3.03. The van der Waals surface area contributed by atoms with Gasteiger partial charge in [0.2, 0.25) is 0 Å². The summed E-state index contributed by atoms with van der Waals surface area (Å²) in [5.74, 6) is -0.252. The number of rotatable bonds is 2. The fraction of sp³-hybridized carbons (Fsp3) is 0.143. The molecule has 1 aromatic heterocycles. The quantitative estimate of drug-likeness (QED) is 0.826. The molecule has 2 aromatic rings. The number of nitrogens with one attached hydrogen (secondary N) is 1. The van der Waals surface area contributed by atoms with Gasteiger partial charge in [0.25, 0.3) is 5.91 Å². The van der Waals surface area contributed by atoms with Crippen LogP contribution in [0.3, 0.4) is 0 Å². The van der Waals surface area contributed by atoms with Gasteiger partial charge < -0.3 is 5.32 Å². The van der Waals surface area contributed by atoms with E-state index in [1.165, 1.54) is 0 Å². The fourth-order valence-electron chi connectivity index (χ4n) is 1.79. The standard InChI is InChI=1S/C14H12BrClN2O/c1-8-7-9(2)17-13(16)12(8)14(19)18-11-5-3-10(15)4-6-11/h3-7H,1-2H3,(H,18,19). The lowest BCUT2D eigenvalue weighted by molar-refractivity contribution is 0.102. The van der Waals surface area contributed by atoms with E-state index in [0.717, 1.165) is 15.7 Å². The molecule has 0 saturated carbocycles. The van der Waals surface area contributed by atoms with Gasteiger partial charge in [-0.25, -0.2) is 4.98 Å². The Morgan fingerprint density at radius 3 is 2.47 bits per heavy atom. The van der Waals surface area contributed by atoms with Crippen LogP contribution in [0.2, 0.25) is 5.15 Å². The van der Waals surface area contributed by atoms with Crippen LogP contribution in [0.1, 0.15) is 21.6 Å². The molecular weight excluding hydrogens is 328 g/mol. The summed E-state index contributed by atoms with van der Waals surface area (Å²) in [6, 6.07) is 9.18. The number of anilines is 1. The van der Waals surface area contributed by atoms with Crippen LogP contribution in [0.5, 0.6) is 0 Å². The smallest absolute Gasteiger partial charge is 0.259 e. The summed E-state index contributed by atoms with van der Waals surface area (Å²) in [7, 11) is 0. The molecule has 0 aliphatic rings. The molecule has 2 rings (SSSR count). The molecule has 1 amide bonds. The van der Waals surface area contributed by atoms with Crippen LogP contribution in [-0.4, -0.2) is 10.9 Å². The first kappa shape index (κ1) is 14.0. The Morgan fingerprint density at radius 2 is 1.89 bits per heavy atom. The maximum absolute atomic E-state index is 12.2. The Morgan fingerprint density at radius 1 is 1.26 bits per heavy atom. The van der Waals surface area contributed by atoms with E-state index < -0.39 is 0 Å². The monoisotopic (exact) mass is 338 g/mol. The summed E-state index contributed by atoms with van der Waals surface area (Å²) in [4.78, 5) is 16.3. The third kappa shape index (κ3) is 3.33. The molecule has 0 bridgehead atoms. The zero-order valence-corrected chi connectivity index (χ0v) is 12.8. The highest BCUT2D eigenvalue weighted by Gasteiger charge is 2.15. The number of aryl methyl sites for hydroxylation is 2. The first-order valence-corrected chi connectivity index (χ1v) is 6.85. The average molecular weight is 340 g/mol. The van der Waals surface area contributed by atoms with E-state index in [0.29, 0.717) is 11.3 Å². The number of hydrogen-bond donors (Lipinski definition) is 1. The fourth-order valence-corrected chi connectivity index (χ4v) is 2.42. The van der Waals surface area contributed by atoms with Crippen molar-refractivity contribution in [2.24, 2.45) is 0 Å². The van der Waals surface area contributed by atoms with E-state index in [4.69, 9.17) is 11.6 Å². The average Bonchev–Trinajstić information content (AvgIpc) is 2.30. The number of hydrogen-bond acceptors (Lipinski definition) is 2. The zero-order valence-electron chi connectivity index (χ0n) is 10.5. The summed E-state index contributed by atoms with van der Waals surface area (Å²) >= 11 is 9.39. The molecule has 0 radical (unpaired) electrons. The number of carbonyl (C=O) groups is 1. The Bertz CT molecular complexity index is 603. The van der Waals surface area contributed by atoms with E-state index >= 15 is 0 Å². The highest BCUT2D eigenvalue weighted by molar-refractivity contribution is 9.10. The SMILES string of the molecule is Cc1cc(C)c(C(=O)Nc2ccc(Br)cc2)c(Cl)n1. The van der Waals surface area contributed by atoms with E-state index in [1.54, 1.807) is 0 Å². The minimum absolute atomic E-state index is 0.229. The van der Waals surface area contributed by atoms with Gasteiger partial charge in [0, 0.05) is 15.9 Å². The summed E-state index contributed by atoms with van der Waals surface area (Å²) in [6.45, 7) is 3.69. The highest BCUT2D eigenvalue weighted by Crippen LogP contribution is 2.21. The van der Waals surface area contributed by atoms with E-state index in [2.05, 4.69) is 26.2 Å². The second-order valence-corrected chi connectivity index (χ2v) is 5.48. The van der Waals surface area contributed by atoms with Crippen LogP contribution >= 0.6 is 27.5 Å². The first-order valence-electron chi connectivity index (χ1n) is 5.68. The molecule has 1 heterocycles. The van der Waals surface area contributed by atoms with Crippen LogP contribution in [0.4, 0.5) is 5.69 Å². The van der Waals surface area contributed by atoms with Crippen molar-refractivity contribution in [1.29, 1.82) is 0 Å². The number of amides is 1. The van der Waals surface area contributed by atoms with Crippen molar-refractivity contribution in [2.45, 2.75) is 13.8 Å².